The van der Waals surface area contributed by atoms with Crippen LogP contribution in [0.3, 0.4) is 0 Å². The van der Waals surface area contributed by atoms with Gasteiger partial charge in [0.15, 0.2) is 13.5 Å². The van der Waals surface area contributed by atoms with Crippen LogP contribution in [0.25, 0.3) is 0 Å². The molecule has 0 amide bonds. The van der Waals surface area contributed by atoms with E-state index in [0.717, 1.165) is 72.6 Å². The second-order valence-electron chi connectivity index (χ2n) is 17.4. The maximum Gasteiger partial charge on any atom is 0.337 e. The van der Waals surface area contributed by atoms with Crippen molar-refractivity contribution in [2.24, 2.45) is 23.7 Å². The molecule has 2 aromatic carbocycles. The zero-order valence-electron chi connectivity index (χ0n) is 32.3. The van der Waals surface area contributed by atoms with Crippen LogP contribution in [0.1, 0.15) is 80.8 Å². The Morgan fingerprint density at radius 2 is 1.91 bits per heavy atom. The highest BCUT2D eigenvalue weighted by Crippen LogP contribution is 2.49. The first-order valence-corrected chi connectivity index (χ1v) is 23.8. The van der Waals surface area contributed by atoms with Crippen LogP contribution in [0.15, 0.2) is 72.2 Å². The predicted octanol–water partition coefficient (Wildman–Crippen LogP) is 10.2. The number of carbonyl (C=O) groups excluding carboxylic acids is 1. The number of esters is 1. The zero-order valence-corrected chi connectivity index (χ0v) is 34.8. The largest absolute Gasteiger partial charge is 0.490 e. The second-order valence-corrected chi connectivity index (χ2v) is 23.5. The number of hydrogen-bond acceptors (Lipinski definition) is 8. The van der Waals surface area contributed by atoms with Gasteiger partial charge in [0.1, 0.15) is 5.75 Å². The standard InChI is InChI=1S/C43H56ClN3O4SSi/c1-42(2,3)53(5,6)51-38(18-13-29-10-11-33(29)26-52-41-45-21-8-22-46-41)35-16-12-32(35)25-47-27-43(20-7-9-30-23-34(44)15-17-36(30)43)28-50-39-19-14-31(24-37(39)47)40(48)49-4/h8,13-15,17-19,21-24,29,32-33,35,38H,7,9-12,16,20,25-28H2,1-6H3/b18-13+/t29-,32-,33-,35+,38-,43-/m0/s1. The van der Waals surface area contributed by atoms with Gasteiger partial charge < -0.3 is 18.8 Å². The Bertz CT molecular complexity index is 1800. The molecule has 3 aliphatic carbocycles. The fourth-order valence-corrected chi connectivity index (χ4v) is 11.1. The van der Waals surface area contributed by atoms with E-state index >= 15 is 0 Å². The smallest absolute Gasteiger partial charge is 0.337 e. The number of carbonyl (C=O) groups is 1. The van der Waals surface area contributed by atoms with Crippen molar-refractivity contribution < 1.29 is 18.7 Å². The highest BCUT2D eigenvalue weighted by molar-refractivity contribution is 7.99. The lowest BCUT2D eigenvalue weighted by molar-refractivity contribution is 0.0519. The molecule has 10 heteroatoms. The molecule has 284 valence electrons. The van der Waals surface area contributed by atoms with Gasteiger partial charge in [0.25, 0.3) is 0 Å². The first-order chi connectivity index (χ1) is 25.4. The number of methoxy groups -OCH3 is 1. The van der Waals surface area contributed by atoms with Crippen molar-refractivity contribution in [3.63, 3.8) is 0 Å². The molecule has 0 saturated heterocycles. The zero-order chi connectivity index (χ0) is 37.4. The Hall–Kier alpha value is -2.85. The summed E-state index contributed by atoms with van der Waals surface area (Å²) < 4.78 is 19.2. The van der Waals surface area contributed by atoms with Gasteiger partial charge in [-0.2, -0.15) is 0 Å². The summed E-state index contributed by atoms with van der Waals surface area (Å²) in [5.74, 6) is 3.58. The van der Waals surface area contributed by atoms with Gasteiger partial charge in [0.05, 0.1) is 31.1 Å². The van der Waals surface area contributed by atoms with Crippen LogP contribution in [0, 0.1) is 23.7 Å². The van der Waals surface area contributed by atoms with E-state index in [1.807, 2.05) is 42.7 Å². The summed E-state index contributed by atoms with van der Waals surface area (Å²) in [5.41, 5.74) is 4.02. The van der Waals surface area contributed by atoms with E-state index in [4.69, 9.17) is 25.5 Å². The van der Waals surface area contributed by atoms with E-state index in [9.17, 15) is 4.79 Å². The Kier molecular flexibility index (Phi) is 11.4. The third-order valence-electron chi connectivity index (χ3n) is 13.0. The minimum absolute atomic E-state index is 0.0663. The number of allylic oxidation sites excluding steroid dienone is 1. The van der Waals surface area contributed by atoms with Crippen LogP contribution in [0.5, 0.6) is 5.75 Å². The Balaban J connectivity index is 1.16. The third-order valence-corrected chi connectivity index (χ3v) is 18.8. The van der Waals surface area contributed by atoms with Gasteiger partial charge in [-0.25, -0.2) is 14.8 Å². The second kappa shape index (κ2) is 15.7. The Labute approximate surface area is 326 Å². The number of fused-ring (bicyclic) bond motifs is 3. The molecule has 1 spiro atoms. The molecule has 2 heterocycles. The Morgan fingerprint density at radius 3 is 2.60 bits per heavy atom. The average molecular weight is 775 g/mol. The number of nitrogens with zero attached hydrogens (tertiary/aromatic N) is 3. The fourth-order valence-electron chi connectivity index (χ4n) is 8.53. The summed E-state index contributed by atoms with van der Waals surface area (Å²) in [4.78, 5) is 24.2. The number of thioether (sulfide) groups is 1. The number of aromatic nitrogens is 2. The topological polar surface area (TPSA) is 73.8 Å². The molecule has 2 fully saturated rings. The summed E-state index contributed by atoms with van der Waals surface area (Å²) in [5, 5.41) is 1.76. The lowest BCUT2D eigenvalue weighted by Crippen LogP contribution is -2.52. The molecule has 4 aliphatic rings. The first-order valence-electron chi connectivity index (χ1n) is 19.5. The fraction of sp³-hybridized carbons (Fsp3) is 0.558. The van der Waals surface area contributed by atoms with E-state index in [1.165, 1.54) is 31.1 Å². The highest BCUT2D eigenvalue weighted by Gasteiger charge is 2.47. The van der Waals surface area contributed by atoms with Gasteiger partial charge in [-0.3, -0.25) is 0 Å². The number of aryl methyl sites for hydroxylation is 1. The lowest BCUT2D eigenvalue weighted by atomic mass is 9.68. The van der Waals surface area contributed by atoms with E-state index in [1.54, 1.807) is 11.8 Å². The molecule has 3 aromatic rings. The molecule has 1 aromatic heterocycles. The molecule has 2 saturated carbocycles. The number of anilines is 1. The number of hydrogen-bond donors (Lipinski definition) is 0. The van der Waals surface area contributed by atoms with Gasteiger partial charge in [-0.05, 0) is 134 Å². The van der Waals surface area contributed by atoms with Crippen molar-refractivity contribution in [2.45, 2.75) is 101 Å². The van der Waals surface area contributed by atoms with Crippen LogP contribution in [0.2, 0.25) is 23.2 Å². The molecule has 0 bridgehead atoms. The molecule has 1 aliphatic heterocycles. The maximum absolute atomic E-state index is 12.8. The summed E-state index contributed by atoms with van der Waals surface area (Å²) in [6, 6.07) is 14.1. The van der Waals surface area contributed by atoms with Gasteiger partial charge in [-0.15, -0.1) is 0 Å². The summed E-state index contributed by atoms with van der Waals surface area (Å²) in [7, 11) is -0.626. The monoisotopic (exact) mass is 773 g/mol. The van der Waals surface area contributed by atoms with Gasteiger partial charge in [0.2, 0.25) is 0 Å². The molecule has 53 heavy (non-hydrogen) atoms. The summed E-state index contributed by atoms with van der Waals surface area (Å²) >= 11 is 8.29. The van der Waals surface area contributed by atoms with Crippen molar-refractivity contribution >= 4 is 43.3 Å². The van der Waals surface area contributed by atoms with Crippen molar-refractivity contribution in [1.82, 2.24) is 9.97 Å². The maximum atomic E-state index is 12.8. The quantitative estimate of drug-likeness (QED) is 0.0627. The van der Waals surface area contributed by atoms with Crippen molar-refractivity contribution in [3.8, 4) is 5.75 Å². The number of benzene rings is 2. The molecule has 0 unspecified atom stereocenters. The first kappa shape index (κ1) is 38.4. The van der Waals surface area contributed by atoms with Gasteiger partial charge >= 0.3 is 5.97 Å². The molecule has 7 nitrogen and oxygen atoms in total. The van der Waals surface area contributed by atoms with E-state index < -0.39 is 8.32 Å². The molecular weight excluding hydrogens is 718 g/mol. The minimum Gasteiger partial charge on any atom is -0.490 e. The van der Waals surface area contributed by atoms with Gasteiger partial charge in [-0.1, -0.05) is 62.4 Å². The van der Waals surface area contributed by atoms with Gasteiger partial charge in [0, 0.05) is 41.7 Å². The minimum atomic E-state index is -2.07. The molecule has 6 atom stereocenters. The normalized spacial score (nSPS) is 26.1. The van der Waals surface area contributed by atoms with Crippen molar-refractivity contribution in [3.05, 3.63) is 88.7 Å². The highest BCUT2D eigenvalue weighted by atomic mass is 35.5. The van der Waals surface area contributed by atoms with Crippen LogP contribution in [-0.2, 0) is 21.0 Å². The SMILES string of the molecule is COC(=O)c1ccc2c(c1)N(C[C@@H]1CC[C@H]1[C@H](/C=C/[C@@H]1CC[C@H]1CSc1ncccn1)O[Si](C)(C)C(C)(C)C)C[C@@]1(CCCc3cc(Cl)ccc31)CO2. The third kappa shape index (κ3) is 8.24. The van der Waals surface area contributed by atoms with E-state index in [2.05, 4.69) is 73.0 Å². The predicted molar refractivity (Wildman–Crippen MR) is 218 cm³/mol. The van der Waals surface area contributed by atoms with E-state index in [0.29, 0.717) is 35.8 Å². The molecule has 0 radical (unpaired) electrons. The van der Waals surface area contributed by atoms with Crippen LogP contribution >= 0.6 is 23.4 Å². The van der Waals surface area contributed by atoms with Crippen molar-refractivity contribution in [1.29, 1.82) is 0 Å². The Morgan fingerprint density at radius 1 is 1.11 bits per heavy atom. The lowest BCUT2D eigenvalue weighted by Gasteiger charge is -2.48. The average Bonchev–Trinajstić information content (AvgIpc) is 3.25. The van der Waals surface area contributed by atoms with Crippen LogP contribution < -0.4 is 9.64 Å². The molecular formula is C43H56ClN3O4SSi. The number of rotatable bonds is 11. The molecule has 7 rings (SSSR count). The van der Waals surface area contributed by atoms with Crippen molar-refractivity contribution in [2.75, 3.05) is 37.5 Å². The molecule has 0 N–H and O–H groups in total. The summed E-state index contributed by atoms with van der Waals surface area (Å²) in [6.45, 7) is 14.1. The van der Waals surface area contributed by atoms with Crippen LogP contribution in [-0.4, -0.2) is 62.9 Å². The number of halogens is 1. The summed E-state index contributed by atoms with van der Waals surface area (Å²) in [6.07, 6.45) is 16.6. The van der Waals surface area contributed by atoms with E-state index in [-0.39, 0.29) is 22.5 Å². The van der Waals surface area contributed by atoms with Crippen LogP contribution in [0.4, 0.5) is 5.69 Å². The number of ether oxygens (including phenoxy) is 2.